The van der Waals surface area contributed by atoms with Crippen LogP contribution in [0.2, 0.25) is 0 Å². The number of hydrogen-bond acceptors (Lipinski definition) is 4. The summed E-state index contributed by atoms with van der Waals surface area (Å²) < 4.78 is 4.86. The molecule has 2 atom stereocenters. The number of aliphatic hydroxyl groups excluding tert-OH is 1. The van der Waals surface area contributed by atoms with E-state index in [4.69, 9.17) is 14.9 Å². The van der Waals surface area contributed by atoms with Crippen LogP contribution in [-0.2, 0) is 9.53 Å². The minimum Gasteiger partial charge on any atom is -0.480 e. The molecule has 5 nitrogen and oxygen atoms in total. The standard InChI is InChI=1S/C6H11NO4/c8-4-1-5(7-2-4)11-3-6(9)10/h4-5,7-8H,1-3H2,(H,9,10)/t4-,5-/m1/s1. The second-order valence-electron chi connectivity index (χ2n) is 2.49. The number of carboxylic acid groups (broad SMARTS) is 1. The first kappa shape index (κ1) is 8.45. The number of carbonyl (C=O) groups is 1. The molecule has 5 heteroatoms. The third-order valence-corrected chi connectivity index (χ3v) is 1.48. The van der Waals surface area contributed by atoms with E-state index in [9.17, 15) is 4.79 Å². The van der Waals surface area contributed by atoms with Crippen molar-refractivity contribution >= 4 is 5.97 Å². The Morgan fingerprint density at radius 1 is 1.73 bits per heavy atom. The van der Waals surface area contributed by atoms with E-state index >= 15 is 0 Å². The molecule has 0 saturated carbocycles. The lowest BCUT2D eigenvalue weighted by molar-refractivity contribution is -0.144. The summed E-state index contributed by atoms with van der Waals surface area (Å²) in [7, 11) is 0. The highest BCUT2D eigenvalue weighted by Gasteiger charge is 2.22. The van der Waals surface area contributed by atoms with E-state index in [2.05, 4.69) is 5.32 Å². The maximum absolute atomic E-state index is 10.0. The third-order valence-electron chi connectivity index (χ3n) is 1.48. The van der Waals surface area contributed by atoms with Crippen LogP contribution in [0.3, 0.4) is 0 Å². The lowest BCUT2D eigenvalue weighted by Crippen LogP contribution is -2.27. The number of carboxylic acids is 1. The molecular formula is C6H11NO4. The summed E-state index contributed by atoms with van der Waals surface area (Å²) in [6.45, 7) is 0.161. The molecule has 0 spiro atoms. The van der Waals surface area contributed by atoms with Gasteiger partial charge in [-0.05, 0) is 0 Å². The average molecular weight is 161 g/mol. The first-order chi connectivity index (χ1) is 5.18. The molecule has 1 fully saturated rings. The molecule has 0 aliphatic carbocycles. The number of nitrogens with one attached hydrogen (secondary N) is 1. The zero-order valence-electron chi connectivity index (χ0n) is 5.99. The van der Waals surface area contributed by atoms with Crippen LogP contribution in [-0.4, -0.2) is 41.7 Å². The van der Waals surface area contributed by atoms with Crippen LogP contribution in [0.25, 0.3) is 0 Å². The van der Waals surface area contributed by atoms with E-state index in [1.807, 2.05) is 0 Å². The maximum atomic E-state index is 10.0. The summed E-state index contributed by atoms with van der Waals surface area (Å²) in [6, 6.07) is 0. The van der Waals surface area contributed by atoms with Gasteiger partial charge in [0.05, 0.1) is 6.10 Å². The molecule has 0 radical (unpaired) electrons. The first-order valence-electron chi connectivity index (χ1n) is 3.43. The van der Waals surface area contributed by atoms with Gasteiger partial charge in [0.2, 0.25) is 0 Å². The zero-order valence-corrected chi connectivity index (χ0v) is 5.99. The highest BCUT2D eigenvalue weighted by molar-refractivity contribution is 5.68. The minimum absolute atomic E-state index is 0.305. The highest BCUT2D eigenvalue weighted by atomic mass is 16.5. The minimum atomic E-state index is -0.992. The first-order valence-corrected chi connectivity index (χ1v) is 3.43. The van der Waals surface area contributed by atoms with E-state index in [1.54, 1.807) is 0 Å². The van der Waals surface area contributed by atoms with E-state index in [-0.39, 0.29) is 12.8 Å². The molecule has 0 aromatic heterocycles. The van der Waals surface area contributed by atoms with Gasteiger partial charge in [-0.25, -0.2) is 4.79 Å². The molecule has 0 amide bonds. The van der Waals surface area contributed by atoms with Crippen LogP contribution in [0.1, 0.15) is 6.42 Å². The average Bonchev–Trinajstić information content (AvgIpc) is 2.31. The Morgan fingerprint density at radius 2 is 2.45 bits per heavy atom. The van der Waals surface area contributed by atoms with Gasteiger partial charge in [-0.1, -0.05) is 0 Å². The van der Waals surface area contributed by atoms with Crippen molar-refractivity contribution in [1.29, 1.82) is 0 Å². The smallest absolute Gasteiger partial charge is 0.329 e. The van der Waals surface area contributed by atoms with E-state index in [1.165, 1.54) is 0 Å². The SMILES string of the molecule is O=C(O)CO[C@@H]1C[C@@H](O)CN1. The van der Waals surface area contributed by atoms with Crippen molar-refractivity contribution in [2.75, 3.05) is 13.2 Å². The lowest BCUT2D eigenvalue weighted by Gasteiger charge is -2.08. The van der Waals surface area contributed by atoms with Gasteiger partial charge in [-0.15, -0.1) is 0 Å². The number of β-amino-alcohol motifs (C(OH)–C–C–N with tert-alkyl or cyclic N) is 1. The lowest BCUT2D eigenvalue weighted by atomic mass is 10.3. The molecule has 1 aliphatic heterocycles. The summed E-state index contributed by atoms with van der Waals surface area (Å²) >= 11 is 0. The fourth-order valence-corrected chi connectivity index (χ4v) is 0.980. The zero-order chi connectivity index (χ0) is 8.27. The topological polar surface area (TPSA) is 78.8 Å². The molecule has 1 rings (SSSR count). The molecule has 11 heavy (non-hydrogen) atoms. The van der Waals surface area contributed by atoms with Crippen LogP contribution in [0, 0.1) is 0 Å². The summed E-state index contributed by atoms with van der Waals surface area (Å²) in [4.78, 5) is 10.0. The largest absolute Gasteiger partial charge is 0.480 e. The van der Waals surface area contributed by atoms with Crippen molar-refractivity contribution in [1.82, 2.24) is 5.32 Å². The normalized spacial score (nSPS) is 30.6. The Kier molecular flexibility index (Phi) is 2.81. The van der Waals surface area contributed by atoms with Crippen molar-refractivity contribution in [3.05, 3.63) is 0 Å². The van der Waals surface area contributed by atoms with E-state index < -0.39 is 12.1 Å². The van der Waals surface area contributed by atoms with Crippen molar-refractivity contribution in [2.45, 2.75) is 18.8 Å². The maximum Gasteiger partial charge on any atom is 0.329 e. The molecule has 0 bridgehead atoms. The van der Waals surface area contributed by atoms with E-state index in [0.717, 1.165) is 0 Å². The summed E-state index contributed by atoms with van der Waals surface area (Å²) in [5.74, 6) is -0.992. The number of aliphatic hydroxyl groups is 1. The van der Waals surface area contributed by atoms with Gasteiger partial charge in [0, 0.05) is 13.0 Å². The monoisotopic (exact) mass is 161 g/mol. The summed E-state index contributed by atoms with van der Waals surface area (Å²) in [6.07, 6.45) is -0.248. The van der Waals surface area contributed by atoms with Gasteiger partial charge in [-0.2, -0.15) is 0 Å². The molecule has 3 N–H and O–H groups in total. The Bertz CT molecular complexity index is 150. The van der Waals surface area contributed by atoms with Gasteiger partial charge in [0.1, 0.15) is 12.8 Å². The predicted molar refractivity (Wildman–Crippen MR) is 36.0 cm³/mol. The van der Waals surface area contributed by atoms with Gasteiger partial charge < -0.3 is 14.9 Å². The second-order valence-corrected chi connectivity index (χ2v) is 2.49. The molecular weight excluding hydrogens is 150 g/mol. The fraction of sp³-hybridized carbons (Fsp3) is 0.833. The van der Waals surface area contributed by atoms with Gasteiger partial charge in [0.25, 0.3) is 0 Å². The Morgan fingerprint density at radius 3 is 2.91 bits per heavy atom. The molecule has 0 aromatic rings. The highest BCUT2D eigenvalue weighted by Crippen LogP contribution is 2.06. The second kappa shape index (κ2) is 3.66. The Labute approximate surface area is 64.0 Å². The molecule has 1 aliphatic rings. The predicted octanol–water partition coefficient (Wildman–Crippen LogP) is -1.23. The van der Waals surface area contributed by atoms with Gasteiger partial charge >= 0.3 is 5.97 Å². The van der Waals surface area contributed by atoms with Crippen LogP contribution in [0.5, 0.6) is 0 Å². The van der Waals surface area contributed by atoms with Crippen molar-refractivity contribution in [3.8, 4) is 0 Å². The van der Waals surface area contributed by atoms with Gasteiger partial charge in [0.15, 0.2) is 0 Å². The molecule has 1 heterocycles. The van der Waals surface area contributed by atoms with Crippen molar-refractivity contribution < 1.29 is 19.7 Å². The van der Waals surface area contributed by atoms with Crippen LogP contribution < -0.4 is 5.32 Å². The summed E-state index contributed by atoms with van der Waals surface area (Å²) in [5, 5.41) is 20.0. The number of aliphatic carboxylic acids is 1. The van der Waals surface area contributed by atoms with Crippen LogP contribution in [0.15, 0.2) is 0 Å². The molecule has 0 unspecified atom stereocenters. The van der Waals surface area contributed by atoms with E-state index in [0.29, 0.717) is 13.0 Å². The van der Waals surface area contributed by atoms with Crippen molar-refractivity contribution in [2.24, 2.45) is 0 Å². The van der Waals surface area contributed by atoms with Crippen LogP contribution >= 0.6 is 0 Å². The molecule has 64 valence electrons. The molecule has 0 aromatic carbocycles. The number of ether oxygens (including phenoxy) is 1. The third kappa shape index (κ3) is 2.83. The molecule has 1 saturated heterocycles. The van der Waals surface area contributed by atoms with Crippen molar-refractivity contribution in [3.63, 3.8) is 0 Å². The Balaban J connectivity index is 2.13. The van der Waals surface area contributed by atoms with Crippen LogP contribution in [0.4, 0.5) is 0 Å². The fourth-order valence-electron chi connectivity index (χ4n) is 0.980. The Hall–Kier alpha value is -0.650. The quantitative estimate of drug-likeness (QED) is 0.483. The van der Waals surface area contributed by atoms with Gasteiger partial charge in [-0.3, -0.25) is 5.32 Å². The summed E-state index contributed by atoms with van der Waals surface area (Å²) in [5.41, 5.74) is 0. The number of hydrogen-bond donors (Lipinski definition) is 3. The number of rotatable bonds is 3.